The predicted octanol–water partition coefficient (Wildman–Crippen LogP) is 5.23. The van der Waals surface area contributed by atoms with Crippen molar-refractivity contribution in [2.75, 3.05) is 13.1 Å². The summed E-state index contributed by atoms with van der Waals surface area (Å²) in [4.78, 5) is 19.7. The molecule has 1 atom stereocenters. The molecule has 1 fully saturated rings. The molecule has 0 bridgehead atoms. The Kier molecular flexibility index (Phi) is 4.91. The van der Waals surface area contributed by atoms with Gasteiger partial charge in [0.05, 0.1) is 16.7 Å². The van der Waals surface area contributed by atoms with Crippen LogP contribution in [0.15, 0.2) is 66.9 Å². The van der Waals surface area contributed by atoms with Gasteiger partial charge in [0.15, 0.2) is 0 Å². The van der Waals surface area contributed by atoms with Gasteiger partial charge in [-0.2, -0.15) is 5.10 Å². The summed E-state index contributed by atoms with van der Waals surface area (Å²) in [7, 11) is 0. The maximum atomic E-state index is 14.4. The number of aryl methyl sites for hydroxylation is 1. The molecule has 1 spiro atoms. The number of urea groups is 1. The maximum absolute atomic E-state index is 14.4. The van der Waals surface area contributed by atoms with Crippen LogP contribution in [0.5, 0.6) is 0 Å². The lowest BCUT2D eigenvalue weighted by molar-refractivity contribution is 0.193. The summed E-state index contributed by atoms with van der Waals surface area (Å²) in [6, 6.07) is 18.8. The molecule has 6 nitrogen and oxygen atoms in total. The Labute approximate surface area is 203 Å². The van der Waals surface area contributed by atoms with Crippen LogP contribution in [0.1, 0.15) is 37.9 Å². The Hall–Kier alpha value is -3.74. The fraction of sp³-hybridized carbons (Fsp3) is 0.321. The molecule has 0 radical (unpaired) electrons. The van der Waals surface area contributed by atoms with Crippen LogP contribution in [0.3, 0.4) is 0 Å². The number of carbonyl (C=O) groups is 1. The quantitative estimate of drug-likeness (QED) is 0.447. The highest BCUT2D eigenvalue weighted by atomic mass is 19.1. The van der Waals surface area contributed by atoms with Gasteiger partial charge in [0.2, 0.25) is 0 Å². The third kappa shape index (κ3) is 3.66. The summed E-state index contributed by atoms with van der Waals surface area (Å²) in [5.41, 5.74) is 3.64. The molecule has 1 unspecified atom stereocenters. The number of pyridine rings is 1. The molecular formula is C28H28FN5O. The van der Waals surface area contributed by atoms with Gasteiger partial charge in [-0.1, -0.05) is 36.4 Å². The van der Waals surface area contributed by atoms with E-state index < -0.39 is 5.54 Å². The lowest BCUT2D eigenvalue weighted by atomic mass is 9.82. The molecule has 7 heteroatoms. The first-order valence-electron chi connectivity index (χ1n) is 12.1. The molecule has 2 aromatic heterocycles. The predicted molar refractivity (Wildman–Crippen MR) is 133 cm³/mol. The topological polar surface area (TPSA) is 63.1 Å². The van der Waals surface area contributed by atoms with Gasteiger partial charge in [0.1, 0.15) is 5.82 Å². The number of fused-ring (bicyclic) bond motifs is 3. The van der Waals surface area contributed by atoms with E-state index in [0.29, 0.717) is 18.7 Å². The molecule has 0 aliphatic carbocycles. The van der Waals surface area contributed by atoms with Gasteiger partial charge in [-0.05, 0) is 51.0 Å². The van der Waals surface area contributed by atoms with E-state index in [0.717, 1.165) is 41.5 Å². The van der Waals surface area contributed by atoms with Gasteiger partial charge in [-0.3, -0.25) is 9.67 Å². The number of likely N-dealkylation sites (tertiary alicyclic amines) is 1. The first kappa shape index (κ1) is 21.8. The SMILES string of the molecule is CC(C)(NC(=O)N1CCC2(CCn3nc(-c4cnc5ccccc5c4)cc32)C1)c1ccccc1F. The van der Waals surface area contributed by atoms with Crippen molar-refractivity contribution in [1.29, 1.82) is 0 Å². The number of para-hydroxylation sites is 1. The highest BCUT2D eigenvalue weighted by Gasteiger charge is 2.47. The van der Waals surface area contributed by atoms with Crippen molar-refractivity contribution in [2.45, 2.75) is 44.2 Å². The van der Waals surface area contributed by atoms with E-state index in [1.807, 2.05) is 43.1 Å². The largest absolute Gasteiger partial charge is 0.329 e. The van der Waals surface area contributed by atoms with Crippen molar-refractivity contribution >= 4 is 16.9 Å². The van der Waals surface area contributed by atoms with Crippen LogP contribution in [-0.2, 0) is 17.5 Å². The van der Waals surface area contributed by atoms with Crippen molar-refractivity contribution in [3.8, 4) is 11.3 Å². The number of benzene rings is 2. The molecule has 2 amide bonds. The van der Waals surface area contributed by atoms with E-state index in [4.69, 9.17) is 5.10 Å². The van der Waals surface area contributed by atoms with E-state index in [1.165, 1.54) is 11.8 Å². The van der Waals surface area contributed by atoms with Gasteiger partial charge in [-0.15, -0.1) is 0 Å². The lowest BCUT2D eigenvalue weighted by Gasteiger charge is -2.31. The zero-order valence-corrected chi connectivity index (χ0v) is 20.0. The average molecular weight is 470 g/mol. The molecule has 2 aromatic carbocycles. The third-order valence-electron chi connectivity index (χ3n) is 7.62. The third-order valence-corrected chi connectivity index (χ3v) is 7.62. The smallest absolute Gasteiger partial charge is 0.318 e. The number of aromatic nitrogens is 3. The van der Waals surface area contributed by atoms with Gasteiger partial charge in [-0.25, -0.2) is 9.18 Å². The molecule has 2 aliphatic rings. The Morgan fingerprint density at radius 2 is 1.83 bits per heavy atom. The molecule has 35 heavy (non-hydrogen) atoms. The monoisotopic (exact) mass is 469 g/mol. The molecule has 2 aliphatic heterocycles. The van der Waals surface area contributed by atoms with Gasteiger partial charge >= 0.3 is 6.03 Å². The van der Waals surface area contributed by atoms with E-state index in [1.54, 1.807) is 18.2 Å². The molecular weight excluding hydrogens is 441 g/mol. The molecule has 1 N–H and O–H groups in total. The number of nitrogens with one attached hydrogen (secondary N) is 1. The molecule has 1 saturated heterocycles. The van der Waals surface area contributed by atoms with E-state index in [-0.39, 0.29) is 17.3 Å². The summed E-state index contributed by atoms with van der Waals surface area (Å²) >= 11 is 0. The molecule has 4 heterocycles. The van der Waals surface area contributed by atoms with E-state index in [9.17, 15) is 9.18 Å². The summed E-state index contributed by atoms with van der Waals surface area (Å²) < 4.78 is 16.5. The van der Waals surface area contributed by atoms with Crippen molar-refractivity contribution in [2.24, 2.45) is 0 Å². The number of halogens is 1. The summed E-state index contributed by atoms with van der Waals surface area (Å²) in [5, 5.41) is 9.02. The minimum Gasteiger partial charge on any atom is -0.329 e. The van der Waals surface area contributed by atoms with Crippen LogP contribution in [0.4, 0.5) is 9.18 Å². The summed E-state index contributed by atoms with van der Waals surface area (Å²) in [6.45, 7) is 5.81. The van der Waals surface area contributed by atoms with Crippen LogP contribution < -0.4 is 5.32 Å². The zero-order valence-electron chi connectivity index (χ0n) is 20.0. The minimum atomic E-state index is -0.814. The second kappa shape index (κ2) is 7.90. The minimum absolute atomic E-state index is 0.102. The van der Waals surface area contributed by atoms with Gasteiger partial charge in [0, 0.05) is 53.5 Å². The van der Waals surface area contributed by atoms with Crippen molar-refractivity contribution < 1.29 is 9.18 Å². The Morgan fingerprint density at radius 3 is 2.69 bits per heavy atom. The first-order valence-corrected chi connectivity index (χ1v) is 12.1. The summed E-state index contributed by atoms with van der Waals surface area (Å²) in [6.07, 6.45) is 3.74. The normalized spacial score (nSPS) is 19.5. The average Bonchev–Trinajstić information content (AvgIpc) is 3.55. The number of nitrogens with zero attached hydrogens (tertiary/aromatic N) is 4. The Balaban J connectivity index is 1.22. The second-order valence-corrected chi connectivity index (χ2v) is 10.3. The molecule has 4 aromatic rings. The number of rotatable bonds is 3. The zero-order chi connectivity index (χ0) is 24.2. The fourth-order valence-corrected chi connectivity index (χ4v) is 5.65. The number of hydrogen-bond donors (Lipinski definition) is 1. The highest BCUT2D eigenvalue weighted by Crippen LogP contribution is 2.44. The van der Waals surface area contributed by atoms with Crippen LogP contribution in [0, 0.1) is 5.82 Å². The summed E-state index contributed by atoms with van der Waals surface area (Å²) in [5.74, 6) is -0.314. The van der Waals surface area contributed by atoms with Crippen molar-refractivity contribution in [3.05, 3.63) is 83.9 Å². The van der Waals surface area contributed by atoms with Crippen molar-refractivity contribution in [1.82, 2.24) is 25.0 Å². The standard InChI is InChI=1S/C28H28FN5O/c1-27(2,21-8-4-5-9-22(21)29)31-26(35)33-13-11-28(18-33)12-14-34-25(28)16-24(32-34)20-15-19-7-3-6-10-23(19)30-17-20/h3-10,15-17H,11-14,18H2,1-2H3,(H,31,35). The van der Waals surface area contributed by atoms with Gasteiger partial charge in [0.25, 0.3) is 0 Å². The molecule has 178 valence electrons. The van der Waals surface area contributed by atoms with Gasteiger partial charge < -0.3 is 10.2 Å². The Bertz CT molecular complexity index is 1440. The maximum Gasteiger partial charge on any atom is 0.318 e. The number of carbonyl (C=O) groups excluding carboxylic acids is 1. The molecule has 0 saturated carbocycles. The lowest BCUT2D eigenvalue weighted by Crippen LogP contribution is -2.48. The fourth-order valence-electron chi connectivity index (χ4n) is 5.65. The highest BCUT2D eigenvalue weighted by molar-refractivity contribution is 5.83. The molecule has 6 rings (SSSR count). The first-order chi connectivity index (χ1) is 16.8. The van der Waals surface area contributed by atoms with Crippen LogP contribution in [0.25, 0.3) is 22.2 Å². The number of amides is 2. The van der Waals surface area contributed by atoms with Crippen LogP contribution >= 0.6 is 0 Å². The van der Waals surface area contributed by atoms with E-state index in [2.05, 4.69) is 33.2 Å². The Morgan fingerprint density at radius 1 is 1.06 bits per heavy atom. The number of hydrogen-bond acceptors (Lipinski definition) is 3. The second-order valence-electron chi connectivity index (χ2n) is 10.3. The van der Waals surface area contributed by atoms with Crippen LogP contribution in [-0.4, -0.2) is 38.8 Å². The van der Waals surface area contributed by atoms with E-state index >= 15 is 0 Å². The van der Waals surface area contributed by atoms with Crippen LogP contribution in [0.2, 0.25) is 0 Å². The van der Waals surface area contributed by atoms with Crippen molar-refractivity contribution in [3.63, 3.8) is 0 Å².